The second-order valence-electron chi connectivity index (χ2n) is 5.33. The van der Waals surface area contributed by atoms with Crippen LogP contribution in [0.25, 0.3) is 0 Å². The Morgan fingerprint density at radius 3 is 2.50 bits per heavy atom. The smallest absolute Gasteiger partial charge is 0.248 e. The summed E-state index contributed by atoms with van der Waals surface area (Å²) in [6.07, 6.45) is 2.22. The van der Waals surface area contributed by atoms with E-state index in [1.807, 2.05) is 12.1 Å². The fourth-order valence-corrected chi connectivity index (χ4v) is 2.51. The van der Waals surface area contributed by atoms with Gasteiger partial charge in [0.2, 0.25) is 11.9 Å². The number of halogens is 1. The molecule has 1 aliphatic carbocycles. The van der Waals surface area contributed by atoms with Crippen molar-refractivity contribution in [2.45, 2.75) is 25.4 Å². The summed E-state index contributed by atoms with van der Waals surface area (Å²) in [4.78, 5) is 21.4. The zero-order valence-electron chi connectivity index (χ0n) is 11.9. The van der Waals surface area contributed by atoms with E-state index in [4.69, 9.17) is 23.1 Å². The molecular weight excluding hydrogens is 302 g/mol. The molecule has 7 heteroatoms. The zero-order valence-corrected chi connectivity index (χ0v) is 12.6. The molecule has 6 nitrogen and oxygen atoms in total. The normalized spacial score (nSPS) is 13.9. The number of nitrogens with zero attached hydrogens (tertiary/aromatic N) is 3. The van der Waals surface area contributed by atoms with E-state index in [2.05, 4.69) is 14.9 Å². The van der Waals surface area contributed by atoms with Crippen LogP contribution in [0.5, 0.6) is 0 Å². The van der Waals surface area contributed by atoms with Crippen LogP contribution >= 0.6 is 11.6 Å². The molecule has 3 rings (SSSR count). The predicted octanol–water partition coefficient (Wildman–Crippen LogP) is 1.98. The van der Waals surface area contributed by atoms with E-state index < -0.39 is 5.91 Å². The molecular formula is C15H16ClN5O. The topological polar surface area (TPSA) is 98.1 Å². The van der Waals surface area contributed by atoms with E-state index in [9.17, 15) is 4.79 Å². The Labute approximate surface area is 133 Å². The molecule has 1 saturated carbocycles. The number of anilines is 2. The van der Waals surface area contributed by atoms with Crippen LogP contribution in [0.4, 0.5) is 11.8 Å². The van der Waals surface area contributed by atoms with Gasteiger partial charge in [-0.05, 0) is 30.5 Å². The van der Waals surface area contributed by atoms with Crippen molar-refractivity contribution in [3.05, 3.63) is 46.6 Å². The molecule has 0 saturated heterocycles. The largest absolute Gasteiger partial charge is 0.368 e. The summed E-state index contributed by atoms with van der Waals surface area (Å²) in [5.41, 5.74) is 12.5. The van der Waals surface area contributed by atoms with Gasteiger partial charge in [0.05, 0.1) is 0 Å². The second kappa shape index (κ2) is 5.81. The lowest BCUT2D eigenvalue weighted by molar-refractivity contribution is 0.100. The van der Waals surface area contributed by atoms with Gasteiger partial charge in [-0.2, -0.15) is 4.98 Å². The highest BCUT2D eigenvalue weighted by atomic mass is 35.5. The zero-order chi connectivity index (χ0) is 15.7. The molecule has 1 fully saturated rings. The molecule has 0 radical (unpaired) electrons. The van der Waals surface area contributed by atoms with Gasteiger partial charge in [0.25, 0.3) is 0 Å². The average Bonchev–Trinajstić information content (AvgIpc) is 3.28. The first kappa shape index (κ1) is 14.6. The molecule has 0 aliphatic heterocycles. The number of nitrogens with two attached hydrogens (primary N) is 2. The first-order valence-corrected chi connectivity index (χ1v) is 7.36. The van der Waals surface area contributed by atoms with Gasteiger partial charge in [0.15, 0.2) is 0 Å². The van der Waals surface area contributed by atoms with E-state index in [-0.39, 0.29) is 5.95 Å². The van der Waals surface area contributed by atoms with E-state index in [1.54, 1.807) is 18.2 Å². The van der Waals surface area contributed by atoms with Crippen LogP contribution in [-0.4, -0.2) is 21.9 Å². The quantitative estimate of drug-likeness (QED) is 0.822. The molecule has 0 unspecified atom stereocenters. The van der Waals surface area contributed by atoms with Gasteiger partial charge in [-0.15, -0.1) is 0 Å². The molecule has 1 heterocycles. The lowest BCUT2D eigenvalue weighted by Gasteiger charge is -2.24. The highest BCUT2D eigenvalue weighted by Gasteiger charge is 2.30. The molecule has 0 spiro atoms. The number of benzene rings is 1. The summed E-state index contributed by atoms with van der Waals surface area (Å²) in [5.74, 6) is 0.456. The molecule has 22 heavy (non-hydrogen) atoms. The number of carbonyl (C=O) groups excluding carboxylic acids is 1. The molecule has 1 aromatic carbocycles. The summed E-state index contributed by atoms with van der Waals surface area (Å²) in [5, 5.41) is 0.331. The van der Waals surface area contributed by atoms with Crippen LogP contribution in [0.15, 0.2) is 30.3 Å². The van der Waals surface area contributed by atoms with Gasteiger partial charge in [0, 0.05) is 24.2 Å². The van der Waals surface area contributed by atoms with Crippen molar-refractivity contribution in [1.82, 2.24) is 9.97 Å². The SMILES string of the molecule is NC(=O)c1ccc(CN(c2cc(Cl)nc(N)n2)C2CC2)cc1. The van der Waals surface area contributed by atoms with Crippen molar-refractivity contribution < 1.29 is 4.79 Å². The minimum Gasteiger partial charge on any atom is -0.368 e. The maximum atomic E-state index is 11.1. The lowest BCUT2D eigenvalue weighted by Crippen LogP contribution is -2.26. The highest BCUT2D eigenvalue weighted by Crippen LogP contribution is 2.33. The average molecular weight is 318 g/mol. The lowest BCUT2D eigenvalue weighted by atomic mass is 10.1. The third-order valence-corrected chi connectivity index (χ3v) is 3.77. The third-order valence-electron chi connectivity index (χ3n) is 3.57. The molecule has 2 aromatic rings. The molecule has 0 bridgehead atoms. The number of carbonyl (C=O) groups is 1. The number of amides is 1. The molecule has 4 N–H and O–H groups in total. The first-order valence-electron chi connectivity index (χ1n) is 6.98. The standard InChI is InChI=1S/C15H16ClN5O/c16-12-7-13(20-15(18)19-12)21(11-5-6-11)8-9-1-3-10(4-2-9)14(17)22/h1-4,7,11H,5-6,8H2,(H2,17,22)(H2,18,19,20). The number of aromatic nitrogens is 2. The molecule has 1 aliphatic rings. The Bertz CT molecular complexity index is 679. The van der Waals surface area contributed by atoms with Gasteiger partial charge in [-0.3, -0.25) is 4.79 Å². The molecule has 1 amide bonds. The number of rotatable bonds is 5. The van der Waals surface area contributed by atoms with E-state index in [0.717, 1.165) is 24.2 Å². The molecule has 0 atom stereocenters. The first-order chi connectivity index (χ1) is 10.5. The van der Waals surface area contributed by atoms with Crippen molar-refractivity contribution in [2.75, 3.05) is 10.6 Å². The Hall–Kier alpha value is -2.34. The van der Waals surface area contributed by atoms with Crippen LogP contribution in [0, 0.1) is 0 Å². The van der Waals surface area contributed by atoms with E-state index in [1.165, 1.54) is 0 Å². The Balaban J connectivity index is 1.84. The van der Waals surface area contributed by atoms with E-state index in [0.29, 0.717) is 23.3 Å². The number of nitrogen functional groups attached to an aromatic ring is 1. The molecule has 114 valence electrons. The van der Waals surface area contributed by atoms with Crippen molar-refractivity contribution in [1.29, 1.82) is 0 Å². The third kappa shape index (κ3) is 3.28. The monoisotopic (exact) mass is 317 g/mol. The number of hydrogen-bond acceptors (Lipinski definition) is 5. The van der Waals surface area contributed by atoms with Crippen molar-refractivity contribution in [3.8, 4) is 0 Å². The van der Waals surface area contributed by atoms with Crippen LogP contribution in [0.3, 0.4) is 0 Å². The minimum atomic E-state index is -0.430. The van der Waals surface area contributed by atoms with E-state index >= 15 is 0 Å². The van der Waals surface area contributed by atoms with Crippen molar-refractivity contribution in [3.63, 3.8) is 0 Å². The predicted molar refractivity (Wildman–Crippen MR) is 85.6 cm³/mol. The maximum absolute atomic E-state index is 11.1. The van der Waals surface area contributed by atoms with Crippen molar-refractivity contribution >= 4 is 29.3 Å². The van der Waals surface area contributed by atoms with Crippen LogP contribution in [0.1, 0.15) is 28.8 Å². The van der Waals surface area contributed by atoms with Gasteiger partial charge in [-0.25, -0.2) is 4.98 Å². The number of hydrogen-bond donors (Lipinski definition) is 2. The van der Waals surface area contributed by atoms with Gasteiger partial charge < -0.3 is 16.4 Å². The maximum Gasteiger partial charge on any atom is 0.248 e. The van der Waals surface area contributed by atoms with Crippen LogP contribution in [-0.2, 0) is 6.54 Å². The van der Waals surface area contributed by atoms with Gasteiger partial charge >= 0.3 is 0 Å². The number of primary amides is 1. The highest BCUT2D eigenvalue weighted by molar-refractivity contribution is 6.29. The van der Waals surface area contributed by atoms with Gasteiger partial charge in [-0.1, -0.05) is 23.7 Å². The van der Waals surface area contributed by atoms with Crippen LogP contribution in [0.2, 0.25) is 5.15 Å². The Kier molecular flexibility index (Phi) is 3.85. The van der Waals surface area contributed by atoms with Crippen LogP contribution < -0.4 is 16.4 Å². The second-order valence-corrected chi connectivity index (χ2v) is 5.71. The van der Waals surface area contributed by atoms with Gasteiger partial charge in [0.1, 0.15) is 11.0 Å². The fourth-order valence-electron chi connectivity index (χ4n) is 2.32. The minimum absolute atomic E-state index is 0.164. The Morgan fingerprint density at radius 1 is 1.27 bits per heavy atom. The summed E-state index contributed by atoms with van der Waals surface area (Å²) >= 11 is 5.97. The summed E-state index contributed by atoms with van der Waals surface area (Å²) in [7, 11) is 0. The molecule has 1 aromatic heterocycles. The summed E-state index contributed by atoms with van der Waals surface area (Å²) in [6.45, 7) is 0.663. The fraction of sp³-hybridized carbons (Fsp3) is 0.267. The summed E-state index contributed by atoms with van der Waals surface area (Å²) in [6, 6.07) is 9.38. The Morgan fingerprint density at radius 2 is 1.95 bits per heavy atom. The summed E-state index contributed by atoms with van der Waals surface area (Å²) < 4.78 is 0. The van der Waals surface area contributed by atoms with Crippen molar-refractivity contribution in [2.24, 2.45) is 5.73 Å².